The third-order valence-electron chi connectivity index (χ3n) is 4.41. The van der Waals surface area contributed by atoms with Crippen molar-refractivity contribution in [2.45, 2.75) is 38.8 Å². The molecule has 0 radical (unpaired) electrons. The van der Waals surface area contributed by atoms with Crippen LogP contribution < -0.4 is 5.32 Å². The van der Waals surface area contributed by atoms with E-state index in [1.54, 1.807) is 6.20 Å². The number of nitro benzene ring substituents is 1. The van der Waals surface area contributed by atoms with E-state index in [4.69, 9.17) is 0 Å². The van der Waals surface area contributed by atoms with Crippen LogP contribution in [0.4, 0.5) is 10.8 Å². The molecule has 1 aliphatic heterocycles. The number of amides is 1. The molecule has 0 spiro atoms. The summed E-state index contributed by atoms with van der Waals surface area (Å²) in [5.74, 6) is -0.317. The van der Waals surface area contributed by atoms with Gasteiger partial charge < -0.3 is 0 Å². The largest absolute Gasteiger partial charge is 0.298 e. The fraction of sp³-hybridized carbons (Fsp3) is 0.412. The summed E-state index contributed by atoms with van der Waals surface area (Å²) in [4.78, 5) is 30.2. The van der Waals surface area contributed by atoms with E-state index in [1.807, 2.05) is 0 Å². The molecule has 8 heteroatoms. The Bertz CT molecular complexity index is 760. The van der Waals surface area contributed by atoms with E-state index in [1.165, 1.54) is 54.9 Å². The molecule has 1 N–H and O–H groups in total. The third kappa shape index (κ3) is 4.40. The summed E-state index contributed by atoms with van der Waals surface area (Å²) >= 11 is 1.47. The molecule has 1 fully saturated rings. The maximum absolute atomic E-state index is 12.2. The first-order valence-corrected chi connectivity index (χ1v) is 9.09. The Balaban J connectivity index is 1.60. The van der Waals surface area contributed by atoms with E-state index >= 15 is 0 Å². The summed E-state index contributed by atoms with van der Waals surface area (Å²) in [5.41, 5.74) is 0.329. The molecule has 132 valence electrons. The van der Waals surface area contributed by atoms with Gasteiger partial charge in [0.1, 0.15) is 0 Å². The summed E-state index contributed by atoms with van der Waals surface area (Å²) in [7, 11) is 0. The number of likely N-dealkylation sites (tertiary alicyclic amines) is 1. The van der Waals surface area contributed by atoms with Crippen molar-refractivity contribution in [3.8, 4) is 0 Å². The molecule has 3 rings (SSSR count). The lowest BCUT2D eigenvalue weighted by molar-refractivity contribution is -0.384. The van der Waals surface area contributed by atoms with Gasteiger partial charge >= 0.3 is 0 Å². The Hall–Kier alpha value is -2.32. The van der Waals surface area contributed by atoms with E-state index in [0.717, 1.165) is 18.0 Å². The number of hydrogen-bond acceptors (Lipinski definition) is 6. The van der Waals surface area contributed by atoms with Crippen LogP contribution in [0.5, 0.6) is 0 Å². The summed E-state index contributed by atoms with van der Waals surface area (Å²) in [5, 5.41) is 14.0. The molecule has 0 aliphatic carbocycles. The molecule has 1 aromatic heterocycles. The predicted octanol–water partition coefficient (Wildman–Crippen LogP) is 3.68. The highest BCUT2D eigenvalue weighted by Crippen LogP contribution is 2.24. The number of rotatable bonds is 5. The van der Waals surface area contributed by atoms with Gasteiger partial charge in [-0.3, -0.25) is 25.1 Å². The van der Waals surface area contributed by atoms with Crippen LogP contribution in [0.2, 0.25) is 0 Å². The van der Waals surface area contributed by atoms with Crippen molar-refractivity contribution in [1.29, 1.82) is 0 Å². The minimum Gasteiger partial charge on any atom is -0.298 e. The molecule has 1 saturated heterocycles. The van der Waals surface area contributed by atoms with Gasteiger partial charge in [-0.1, -0.05) is 6.42 Å². The van der Waals surface area contributed by atoms with Crippen LogP contribution in [0.25, 0.3) is 0 Å². The van der Waals surface area contributed by atoms with Crippen molar-refractivity contribution in [3.05, 3.63) is 51.0 Å². The van der Waals surface area contributed by atoms with Gasteiger partial charge in [0.25, 0.3) is 11.6 Å². The summed E-state index contributed by atoms with van der Waals surface area (Å²) in [6.45, 7) is 4.20. The molecule has 1 aromatic carbocycles. The number of anilines is 1. The SMILES string of the molecule is CC1CCCCN1Cc1cnc(NC(=O)c2ccc([N+](=O)[O-])cc2)s1. The average molecular weight is 360 g/mol. The Morgan fingerprint density at radius 1 is 1.40 bits per heavy atom. The number of benzene rings is 1. The second-order valence-corrected chi connectivity index (χ2v) is 7.32. The summed E-state index contributed by atoms with van der Waals surface area (Å²) < 4.78 is 0. The number of carbonyl (C=O) groups excluding carboxylic acids is 1. The number of nitrogens with one attached hydrogen (secondary N) is 1. The van der Waals surface area contributed by atoms with E-state index in [0.29, 0.717) is 16.7 Å². The monoisotopic (exact) mass is 360 g/mol. The molecule has 0 bridgehead atoms. The van der Waals surface area contributed by atoms with Gasteiger partial charge in [0.2, 0.25) is 0 Å². The normalized spacial score (nSPS) is 18.0. The molecule has 25 heavy (non-hydrogen) atoms. The van der Waals surface area contributed by atoms with Crippen molar-refractivity contribution in [2.24, 2.45) is 0 Å². The number of non-ortho nitro benzene ring substituents is 1. The topological polar surface area (TPSA) is 88.4 Å². The lowest BCUT2D eigenvalue weighted by atomic mass is 10.0. The molecule has 7 nitrogen and oxygen atoms in total. The van der Waals surface area contributed by atoms with Gasteiger partial charge in [0.05, 0.1) is 4.92 Å². The number of nitro groups is 1. The van der Waals surface area contributed by atoms with Crippen LogP contribution in [0.15, 0.2) is 30.5 Å². The van der Waals surface area contributed by atoms with Crippen LogP contribution in [0, 0.1) is 10.1 Å². The first kappa shape index (κ1) is 17.5. The number of aromatic nitrogens is 1. The Labute approximate surface area is 149 Å². The van der Waals surface area contributed by atoms with Crippen molar-refractivity contribution >= 4 is 28.1 Å². The molecule has 2 aromatic rings. The van der Waals surface area contributed by atoms with Gasteiger partial charge in [-0.2, -0.15) is 0 Å². The quantitative estimate of drug-likeness (QED) is 0.649. The van der Waals surface area contributed by atoms with Gasteiger partial charge in [-0.25, -0.2) is 4.98 Å². The molecule has 1 atom stereocenters. The number of hydrogen-bond donors (Lipinski definition) is 1. The summed E-state index contributed by atoms with van der Waals surface area (Å²) in [6, 6.07) is 6.10. The lowest BCUT2D eigenvalue weighted by Crippen LogP contribution is -2.36. The molecule has 0 saturated carbocycles. The number of carbonyl (C=O) groups is 1. The zero-order chi connectivity index (χ0) is 17.8. The maximum Gasteiger partial charge on any atom is 0.269 e. The molecular weight excluding hydrogens is 340 g/mol. The number of piperidine rings is 1. The summed E-state index contributed by atoms with van der Waals surface area (Å²) in [6.07, 6.45) is 5.55. The van der Waals surface area contributed by atoms with Crippen LogP contribution >= 0.6 is 11.3 Å². The highest BCUT2D eigenvalue weighted by molar-refractivity contribution is 7.15. The first-order chi connectivity index (χ1) is 12.0. The molecular formula is C17H20N4O3S. The van der Waals surface area contributed by atoms with Gasteiger partial charge in [0.15, 0.2) is 5.13 Å². The zero-order valence-electron chi connectivity index (χ0n) is 14.0. The van der Waals surface area contributed by atoms with E-state index < -0.39 is 4.92 Å². The fourth-order valence-electron chi connectivity index (χ4n) is 2.93. The van der Waals surface area contributed by atoms with Crippen LogP contribution in [0.3, 0.4) is 0 Å². The van der Waals surface area contributed by atoms with Crippen LogP contribution in [-0.2, 0) is 6.54 Å². The van der Waals surface area contributed by atoms with Crippen LogP contribution in [0.1, 0.15) is 41.4 Å². The number of nitrogens with zero attached hydrogens (tertiary/aromatic N) is 3. The number of thiazole rings is 1. The Morgan fingerprint density at radius 3 is 2.84 bits per heavy atom. The lowest BCUT2D eigenvalue weighted by Gasteiger charge is -2.32. The predicted molar refractivity (Wildman–Crippen MR) is 96.9 cm³/mol. The van der Waals surface area contributed by atoms with E-state index in [-0.39, 0.29) is 11.6 Å². The van der Waals surface area contributed by atoms with Crippen molar-refractivity contribution in [3.63, 3.8) is 0 Å². The van der Waals surface area contributed by atoms with Gasteiger partial charge in [-0.15, -0.1) is 11.3 Å². The van der Waals surface area contributed by atoms with Gasteiger partial charge in [0, 0.05) is 41.4 Å². The Kier molecular flexibility index (Phi) is 5.40. The van der Waals surface area contributed by atoms with Crippen molar-refractivity contribution in [2.75, 3.05) is 11.9 Å². The average Bonchev–Trinajstić information content (AvgIpc) is 3.04. The highest BCUT2D eigenvalue weighted by Gasteiger charge is 2.19. The third-order valence-corrected chi connectivity index (χ3v) is 5.31. The van der Waals surface area contributed by atoms with Gasteiger partial charge in [-0.05, 0) is 38.4 Å². The smallest absolute Gasteiger partial charge is 0.269 e. The molecule has 1 aliphatic rings. The minimum atomic E-state index is -0.490. The molecule has 1 amide bonds. The molecule has 2 heterocycles. The highest BCUT2D eigenvalue weighted by atomic mass is 32.1. The Morgan fingerprint density at radius 2 is 2.16 bits per heavy atom. The van der Waals surface area contributed by atoms with Crippen molar-refractivity contribution in [1.82, 2.24) is 9.88 Å². The maximum atomic E-state index is 12.2. The minimum absolute atomic E-state index is 0.0382. The second kappa shape index (κ2) is 7.71. The van der Waals surface area contributed by atoms with E-state index in [9.17, 15) is 14.9 Å². The van der Waals surface area contributed by atoms with Crippen LogP contribution in [-0.4, -0.2) is 33.3 Å². The fourth-order valence-corrected chi connectivity index (χ4v) is 3.77. The van der Waals surface area contributed by atoms with E-state index in [2.05, 4.69) is 22.1 Å². The van der Waals surface area contributed by atoms with Crippen molar-refractivity contribution < 1.29 is 9.72 Å². The first-order valence-electron chi connectivity index (χ1n) is 8.27. The zero-order valence-corrected chi connectivity index (χ0v) is 14.8. The second-order valence-electron chi connectivity index (χ2n) is 6.21. The molecule has 1 unspecified atom stereocenters. The standard InChI is InChI=1S/C17H20N4O3S/c1-12-4-2-3-9-20(12)11-15-10-18-17(25-15)19-16(22)13-5-7-14(8-6-13)21(23)24/h5-8,10,12H,2-4,9,11H2,1H3,(H,18,19,22).